The van der Waals surface area contributed by atoms with E-state index >= 15 is 0 Å². The summed E-state index contributed by atoms with van der Waals surface area (Å²) in [4.78, 5) is 0.946. The first-order chi connectivity index (χ1) is 9.90. The van der Waals surface area contributed by atoms with E-state index in [1.165, 1.54) is 11.3 Å². The van der Waals surface area contributed by atoms with E-state index < -0.39 is 40.8 Å². The van der Waals surface area contributed by atoms with Gasteiger partial charge in [-0.1, -0.05) is 11.6 Å². The van der Waals surface area contributed by atoms with Crippen molar-refractivity contribution in [2.45, 2.75) is 18.9 Å². The largest absolute Gasteiger partial charge is 0.373 e. The van der Waals surface area contributed by atoms with Crippen LogP contribution in [-0.4, -0.2) is 0 Å². The standard InChI is InChI=1S/C13H7ClF5NS/c14-7-3-4-5(1-2-6(4)21-7)20-13-11(18)9(16)8(15)10(17)12(13)19/h3,5,20H,1-2H2. The van der Waals surface area contributed by atoms with Gasteiger partial charge in [-0.15, -0.1) is 11.3 Å². The van der Waals surface area contributed by atoms with E-state index in [0.717, 1.165) is 10.4 Å². The molecule has 0 amide bonds. The molecular weight excluding hydrogens is 333 g/mol. The maximum Gasteiger partial charge on any atom is 0.200 e. The summed E-state index contributed by atoms with van der Waals surface area (Å²) in [7, 11) is 0. The van der Waals surface area contributed by atoms with Crippen molar-refractivity contribution in [1.29, 1.82) is 0 Å². The van der Waals surface area contributed by atoms with E-state index in [0.29, 0.717) is 17.2 Å². The summed E-state index contributed by atoms with van der Waals surface area (Å²) < 4.78 is 67.1. The van der Waals surface area contributed by atoms with Crippen LogP contribution in [0.15, 0.2) is 6.07 Å². The first-order valence-electron chi connectivity index (χ1n) is 5.96. The second kappa shape index (κ2) is 5.14. The molecule has 8 heteroatoms. The Morgan fingerprint density at radius 2 is 1.57 bits per heavy atom. The van der Waals surface area contributed by atoms with Gasteiger partial charge < -0.3 is 5.32 Å². The first kappa shape index (κ1) is 14.6. The second-order valence-corrected chi connectivity index (χ2v) is 6.38. The number of anilines is 1. The molecule has 1 heterocycles. The van der Waals surface area contributed by atoms with Gasteiger partial charge in [0, 0.05) is 4.88 Å². The van der Waals surface area contributed by atoms with Crippen LogP contribution in [0.1, 0.15) is 22.9 Å². The lowest BCUT2D eigenvalue weighted by Gasteiger charge is -2.16. The fourth-order valence-corrected chi connectivity index (χ4v) is 3.74. The lowest BCUT2D eigenvalue weighted by Crippen LogP contribution is -2.13. The number of fused-ring (bicyclic) bond motifs is 1. The quantitative estimate of drug-likeness (QED) is 0.450. The third-order valence-electron chi connectivity index (χ3n) is 3.38. The van der Waals surface area contributed by atoms with E-state index in [1.54, 1.807) is 6.07 Å². The highest BCUT2D eigenvalue weighted by Gasteiger charge is 2.30. The molecule has 1 N–H and O–H groups in total. The molecule has 0 radical (unpaired) electrons. The van der Waals surface area contributed by atoms with Crippen molar-refractivity contribution in [2.24, 2.45) is 0 Å². The third kappa shape index (κ3) is 2.28. The van der Waals surface area contributed by atoms with Gasteiger partial charge in [0.25, 0.3) is 0 Å². The van der Waals surface area contributed by atoms with Crippen LogP contribution < -0.4 is 5.32 Å². The normalized spacial score (nSPS) is 17.1. The number of nitrogens with one attached hydrogen (secondary N) is 1. The Bertz CT molecular complexity index is 701. The van der Waals surface area contributed by atoms with Gasteiger partial charge in [0.15, 0.2) is 23.3 Å². The van der Waals surface area contributed by atoms with E-state index in [1.807, 2.05) is 0 Å². The zero-order chi connectivity index (χ0) is 15.3. The molecule has 1 aliphatic carbocycles. The molecule has 1 aliphatic rings. The average molecular weight is 340 g/mol. The molecule has 1 unspecified atom stereocenters. The molecule has 0 saturated heterocycles. The zero-order valence-corrected chi connectivity index (χ0v) is 11.8. The molecule has 1 atom stereocenters. The minimum Gasteiger partial charge on any atom is -0.373 e. The Balaban J connectivity index is 2.00. The van der Waals surface area contributed by atoms with Crippen molar-refractivity contribution in [3.8, 4) is 0 Å². The van der Waals surface area contributed by atoms with Crippen LogP contribution in [0.25, 0.3) is 0 Å². The van der Waals surface area contributed by atoms with Crippen molar-refractivity contribution in [3.05, 3.63) is 49.9 Å². The van der Waals surface area contributed by atoms with Gasteiger partial charge in [0.1, 0.15) is 5.69 Å². The van der Waals surface area contributed by atoms with Crippen LogP contribution in [0.5, 0.6) is 0 Å². The summed E-state index contributed by atoms with van der Waals surface area (Å²) in [6.45, 7) is 0. The van der Waals surface area contributed by atoms with Crippen LogP contribution in [0.3, 0.4) is 0 Å². The van der Waals surface area contributed by atoms with Crippen molar-refractivity contribution in [1.82, 2.24) is 0 Å². The topological polar surface area (TPSA) is 12.0 Å². The SMILES string of the molecule is Fc1c(F)c(F)c(NC2CCc3sc(Cl)cc32)c(F)c1F. The summed E-state index contributed by atoms with van der Waals surface area (Å²) >= 11 is 7.19. The van der Waals surface area contributed by atoms with Crippen molar-refractivity contribution in [3.63, 3.8) is 0 Å². The Kier molecular flexibility index (Phi) is 3.57. The van der Waals surface area contributed by atoms with Crippen molar-refractivity contribution >= 4 is 28.6 Å². The van der Waals surface area contributed by atoms with Gasteiger partial charge in [0.2, 0.25) is 5.82 Å². The smallest absolute Gasteiger partial charge is 0.200 e. The third-order valence-corrected chi connectivity index (χ3v) is 4.72. The minimum atomic E-state index is -2.17. The molecule has 0 fully saturated rings. The summed E-state index contributed by atoms with van der Waals surface area (Å²) in [5.74, 6) is -9.81. The summed E-state index contributed by atoms with van der Waals surface area (Å²) in [6.07, 6.45) is 1.14. The molecule has 21 heavy (non-hydrogen) atoms. The van der Waals surface area contributed by atoms with Gasteiger partial charge >= 0.3 is 0 Å². The highest BCUT2D eigenvalue weighted by atomic mass is 35.5. The fraction of sp³-hybridized carbons (Fsp3) is 0.231. The predicted molar refractivity (Wildman–Crippen MR) is 70.2 cm³/mol. The molecule has 112 valence electrons. The van der Waals surface area contributed by atoms with Crippen LogP contribution in [0.4, 0.5) is 27.6 Å². The van der Waals surface area contributed by atoms with Gasteiger partial charge in [-0.2, -0.15) is 0 Å². The number of thiophene rings is 1. The Morgan fingerprint density at radius 1 is 1.00 bits per heavy atom. The fourth-order valence-electron chi connectivity index (χ4n) is 2.39. The molecule has 1 aromatic heterocycles. The lowest BCUT2D eigenvalue weighted by atomic mass is 10.1. The maximum absolute atomic E-state index is 13.6. The van der Waals surface area contributed by atoms with Gasteiger partial charge in [-0.3, -0.25) is 0 Å². The number of benzene rings is 1. The van der Waals surface area contributed by atoms with E-state index in [2.05, 4.69) is 5.32 Å². The summed E-state index contributed by atoms with van der Waals surface area (Å²) in [5, 5.41) is 2.41. The molecule has 0 saturated carbocycles. The first-order valence-corrected chi connectivity index (χ1v) is 7.15. The molecule has 1 nitrogen and oxygen atoms in total. The van der Waals surface area contributed by atoms with Crippen LogP contribution >= 0.6 is 22.9 Å². The lowest BCUT2D eigenvalue weighted by molar-refractivity contribution is 0.380. The number of aryl methyl sites for hydroxylation is 1. The molecule has 0 spiro atoms. The van der Waals surface area contributed by atoms with Crippen LogP contribution in [0.2, 0.25) is 4.34 Å². The summed E-state index contributed by atoms with van der Waals surface area (Å²) in [6, 6.07) is 1.11. The Morgan fingerprint density at radius 3 is 2.19 bits per heavy atom. The highest BCUT2D eigenvalue weighted by molar-refractivity contribution is 7.16. The monoisotopic (exact) mass is 339 g/mol. The van der Waals surface area contributed by atoms with Gasteiger partial charge in [-0.25, -0.2) is 22.0 Å². The maximum atomic E-state index is 13.6. The van der Waals surface area contributed by atoms with Crippen LogP contribution in [-0.2, 0) is 6.42 Å². The minimum absolute atomic E-state index is 0.498. The molecule has 1 aromatic carbocycles. The predicted octanol–water partition coefficient (Wildman–Crippen LogP) is 5.20. The van der Waals surface area contributed by atoms with E-state index in [9.17, 15) is 22.0 Å². The van der Waals surface area contributed by atoms with E-state index in [-0.39, 0.29) is 0 Å². The van der Waals surface area contributed by atoms with E-state index in [4.69, 9.17) is 11.6 Å². The second-order valence-electron chi connectivity index (χ2n) is 4.61. The Hall–Kier alpha value is -1.34. The number of hydrogen-bond acceptors (Lipinski definition) is 2. The van der Waals surface area contributed by atoms with Crippen molar-refractivity contribution in [2.75, 3.05) is 5.32 Å². The van der Waals surface area contributed by atoms with Gasteiger partial charge in [-0.05, 0) is 24.5 Å². The summed E-state index contributed by atoms with van der Waals surface area (Å²) in [5.41, 5.74) is -0.277. The molecule has 0 bridgehead atoms. The number of halogens is 6. The van der Waals surface area contributed by atoms with Crippen molar-refractivity contribution < 1.29 is 22.0 Å². The number of hydrogen-bond donors (Lipinski definition) is 1. The number of rotatable bonds is 2. The van der Waals surface area contributed by atoms with Gasteiger partial charge in [0.05, 0.1) is 10.4 Å². The molecule has 3 rings (SSSR count). The van der Waals surface area contributed by atoms with Crippen LogP contribution in [0, 0.1) is 29.1 Å². The Labute approximate surface area is 125 Å². The molecule has 2 aromatic rings. The highest BCUT2D eigenvalue weighted by Crippen LogP contribution is 2.42. The average Bonchev–Trinajstić information content (AvgIpc) is 2.99. The molecule has 0 aliphatic heterocycles. The molecular formula is C13H7ClF5NS. The zero-order valence-electron chi connectivity index (χ0n) is 10.2.